The average molecular weight is 317 g/mol. The number of hydrogen-bond donors (Lipinski definition) is 1. The van der Waals surface area contributed by atoms with Crippen LogP contribution in [0.25, 0.3) is 27.5 Å². The van der Waals surface area contributed by atoms with Crippen molar-refractivity contribution >= 4 is 21.8 Å². The molecule has 4 heteroatoms. The maximum Gasteiger partial charge on any atom is 0.276 e. The van der Waals surface area contributed by atoms with Crippen molar-refractivity contribution in [3.05, 3.63) is 70.6 Å². The second-order valence-electron chi connectivity index (χ2n) is 6.02. The second-order valence-corrected chi connectivity index (χ2v) is 6.02. The Morgan fingerprint density at radius 1 is 1.04 bits per heavy atom. The van der Waals surface area contributed by atoms with Gasteiger partial charge in [-0.15, -0.1) is 0 Å². The summed E-state index contributed by atoms with van der Waals surface area (Å²) in [5, 5.41) is 6.69. The van der Waals surface area contributed by atoms with Crippen LogP contribution in [0.1, 0.15) is 25.5 Å². The van der Waals surface area contributed by atoms with Gasteiger partial charge in [0.1, 0.15) is 0 Å². The first-order valence-electron chi connectivity index (χ1n) is 8.37. The van der Waals surface area contributed by atoms with E-state index < -0.39 is 0 Å². The monoisotopic (exact) mass is 317 g/mol. The highest BCUT2D eigenvalue weighted by Crippen LogP contribution is 2.27. The number of fused-ring (bicyclic) bond motifs is 3. The fourth-order valence-electron chi connectivity index (χ4n) is 3.24. The molecule has 0 radical (unpaired) electrons. The summed E-state index contributed by atoms with van der Waals surface area (Å²) >= 11 is 0. The summed E-state index contributed by atoms with van der Waals surface area (Å²) in [4.78, 5) is 15.5. The Balaban J connectivity index is 2.11. The van der Waals surface area contributed by atoms with Gasteiger partial charge in [-0.05, 0) is 31.0 Å². The number of pyridine rings is 1. The molecule has 4 aromatic rings. The molecular formula is C20H19N3O. The number of aromatic amines is 1. The number of para-hydroxylation sites is 2. The minimum atomic E-state index is -0.129. The molecule has 120 valence electrons. The third-order valence-corrected chi connectivity index (χ3v) is 4.41. The number of hydrogen-bond acceptors (Lipinski definition) is 2. The number of rotatable bonds is 4. The maximum atomic E-state index is 12.5. The lowest BCUT2D eigenvalue weighted by Gasteiger charge is -2.08. The third-order valence-electron chi connectivity index (χ3n) is 4.41. The minimum Gasteiger partial charge on any atom is -0.320 e. The fraction of sp³-hybridized carbons (Fsp3) is 0.200. The molecule has 0 aliphatic heterocycles. The van der Waals surface area contributed by atoms with Crippen LogP contribution in [0.3, 0.4) is 0 Å². The van der Waals surface area contributed by atoms with E-state index in [9.17, 15) is 4.79 Å². The molecule has 0 unspecified atom stereocenters. The van der Waals surface area contributed by atoms with Crippen LogP contribution in [-0.4, -0.2) is 14.8 Å². The van der Waals surface area contributed by atoms with Crippen molar-refractivity contribution in [2.45, 2.75) is 26.2 Å². The minimum absolute atomic E-state index is 0.129. The van der Waals surface area contributed by atoms with Gasteiger partial charge in [0.25, 0.3) is 5.56 Å². The van der Waals surface area contributed by atoms with E-state index in [1.54, 1.807) is 0 Å². The van der Waals surface area contributed by atoms with E-state index in [-0.39, 0.29) is 5.56 Å². The van der Waals surface area contributed by atoms with Crippen molar-refractivity contribution in [1.82, 2.24) is 14.8 Å². The molecule has 2 aromatic carbocycles. The lowest BCUT2D eigenvalue weighted by atomic mass is 10.1. The Bertz CT molecular complexity index is 1060. The Hall–Kier alpha value is -2.88. The molecule has 0 fully saturated rings. The van der Waals surface area contributed by atoms with Crippen LogP contribution in [0.2, 0.25) is 0 Å². The number of aromatic nitrogens is 3. The predicted octanol–water partition coefficient (Wildman–Crippen LogP) is 4.21. The Kier molecular flexibility index (Phi) is 3.65. The Morgan fingerprint density at radius 2 is 1.79 bits per heavy atom. The second kappa shape index (κ2) is 5.96. The average Bonchev–Trinajstić information content (AvgIpc) is 3.01. The molecule has 2 aromatic heterocycles. The molecule has 0 bridgehead atoms. The van der Waals surface area contributed by atoms with Crippen LogP contribution in [0.4, 0.5) is 0 Å². The first-order valence-corrected chi connectivity index (χ1v) is 8.37. The topological polar surface area (TPSA) is 50.7 Å². The van der Waals surface area contributed by atoms with Crippen LogP contribution >= 0.6 is 0 Å². The van der Waals surface area contributed by atoms with Gasteiger partial charge in [0.2, 0.25) is 0 Å². The normalized spacial score (nSPS) is 11.4. The maximum absolute atomic E-state index is 12.5. The van der Waals surface area contributed by atoms with Crippen molar-refractivity contribution in [1.29, 1.82) is 0 Å². The molecule has 0 aliphatic carbocycles. The lowest BCUT2D eigenvalue weighted by molar-refractivity contribution is 0.735. The van der Waals surface area contributed by atoms with E-state index >= 15 is 0 Å². The largest absolute Gasteiger partial charge is 0.320 e. The van der Waals surface area contributed by atoms with Gasteiger partial charge in [0.15, 0.2) is 5.52 Å². The summed E-state index contributed by atoms with van der Waals surface area (Å²) in [6.07, 6.45) is 3.06. The summed E-state index contributed by atoms with van der Waals surface area (Å²) in [6, 6.07) is 18.0. The van der Waals surface area contributed by atoms with Crippen LogP contribution in [0.15, 0.2) is 59.4 Å². The third kappa shape index (κ3) is 2.31. The van der Waals surface area contributed by atoms with Gasteiger partial charge in [-0.25, -0.2) is 4.68 Å². The first-order chi connectivity index (χ1) is 11.8. The number of H-pyrrole nitrogens is 1. The van der Waals surface area contributed by atoms with Crippen LogP contribution in [0, 0.1) is 0 Å². The van der Waals surface area contributed by atoms with Crippen molar-refractivity contribution in [2.24, 2.45) is 0 Å². The van der Waals surface area contributed by atoms with Gasteiger partial charge in [-0.2, -0.15) is 5.10 Å². The number of aryl methyl sites for hydroxylation is 1. The van der Waals surface area contributed by atoms with E-state index in [1.807, 2.05) is 53.2 Å². The van der Waals surface area contributed by atoms with Gasteiger partial charge in [-0.1, -0.05) is 49.7 Å². The van der Waals surface area contributed by atoms with Crippen molar-refractivity contribution in [3.8, 4) is 5.69 Å². The molecule has 0 saturated carbocycles. The molecule has 0 aliphatic rings. The molecule has 4 rings (SSSR count). The standard InChI is InChI=1S/C20H19N3O/c1-2-3-13-17-18-15-11-7-8-12-16(15)21-20(24)19(18)22-23(17)14-9-5-4-6-10-14/h4-12H,2-3,13H2,1H3,(H,21,24). The number of nitrogens with zero attached hydrogens (tertiary/aromatic N) is 2. The van der Waals surface area contributed by atoms with E-state index in [4.69, 9.17) is 0 Å². The molecule has 1 N–H and O–H groups in total. The number of nitrogens with one attached hydrogen (secondary N) is 1. The first kappa shape index (κ1) is 14.7. The van der Waals surface area contributed by atoms with Crippen LogP contribution < -0.4 is 5.56 Å². The summed E-state index contributed by atoms with van der Waals surface area (Å²) in [5.41, 5.74) is 3.35. The van der Waals surface area contributed by atoms with E-state index in [2.05, 4.69) is 23.1 Å². The molecule has 0 atom stereocenters. The van der Waals surface area contributed by atoms with Gasteiger partial charge in [0.05, 0.1) is 11.4 Å². The van der Waals surface area contributed by atoms with Gasteiger partial charge >= 0.3 is 0 Å². The van der Waals surface area contributed by atoms with Gasteiger partial charge in [0, 0.05) is 16.3 Å². The quantitative estimate of drug-likeness (QED) is 0.613. The highest BCUT2D eigenvalue weighted by atomic mass is 16.1. The van der Waals surface area contributed by atoms with Gasteiger partial charge in [-0.3, -0.25) is 4.79 Å². The molecule has 0 amide bonds. The predicted molar refractivity (Wildman–Crippen MR) is 97.8 cm³/mol. The summed E-state index contributed by atoms with van der Waals surface area (Å²) < 4.78 is 1.93. The molecular weight excluding hydrogens is 298 g/mol. The summed E-state index contributed by atoms with van der Waals surface area (Å²) in [7, 11) is 0. The molecule has 0 saturated heterocycles. The van der Waals surface area contributed by atoms with Crippen molar-refractivity contribution in [2.75, 3.05) is 0 Å². The van der Waals surface area contributed by atoms with Crippen molar-refractivity contribution < 1.29 is 0 Å². The number of unbranched alkanes of at least 4 members (excludes halogenated alkanes) is 1. The lowest BCUT2D eigenvalue weighted by Crippen LogP contribution is -2.06. The molecule has 0 spiro atoms. The smallest absolute Gasteiger partial charge is 0.276 e. The molecule has 24 heavy (non-hydrogen) atoms. The van der Waals surface area contributed by atoms with Gasteiger partial charge < -0.3 is 4.98 Å². The zero-order valence-corrected chi connectivity index (χ0v) is 13.6. The van der Waals surface area contributed by atoms with Crippen LogP contribution in [-0.2, 0) is 6.42 Å². The zero-order valence-electron chi connectivity index (χ0n) is 13.6. The van der Waals surface area contributed by atoms with E-state index in [1.165, 1.54) is 0 Å². The SMILES string of the molecule is CCCCc1c2c(nn1-c1ccccc1)c(=O)[nH]c1ccccc12. The zero-order chi connectivity index (χ0) is 16.5. The fourth-order valence-corrected chi connectivity index (χ4v) is 3.24. The highest BCUT2D eigenvalue weighted by Gasteiger charge is 2.17. The Morgan fingerprint density at radius 3 is 2.58 bits per heavy atom. The highest BCUT2D eigenvalue weighted by molar-refractivity contribution is 6.05. The molecule has 4 nitrogen and oxygen atoms in total. The number of benzene rings is 2. The summed E-state index contributed by atoms with van der Waals surface area (Å²) in [6.45, 7) is 2.18. The summed E-state index contributed by atoms with van der Waals surface area (Å²) in [5.74, 6) is 0. The Labute approximate surface area is 139 Å². The van der Waals surface area contributed by atoms with E-state index in [0.29, 0.717) is 5.52 Å². The van der Waals surface area contributed by atoms with Crippen LogP contribution in [0.5, 0.6) is 0 Å². The van der Waals surface area contributed by atoms with E-state index in [0.717, 1.165) is 46.9 Å². The van der Waals surface area contributed by atoms with Crippen molar-refractivity contribution in [3.63, 3.8) is 0 Å². The molecule has 2 heterocycles.